The molecule has 5 unspecified atom stereocenters. The van der Waals surface area contributed by atoms with Gasteiger partial charge < -0.3 is 40.4 Å². The molecule has 1 amide bonds. The number of aliphatic hydroxyl groups excluding tert-OH is 2. The Hall–Kier alpha value is -4.55. The Morgan fingerprint density at radius 3 is 2.37 bits per heavy atom. The van der Waals surface area contributed by atoms with Crippen LogP contribution >= 0.6 is 0 Å². The van der Waals surface area contributed by atoms with Crippen LogP contribution < -0.4 is 19.9 Å². The quantitative estimate of drug-likeness (QED) is 0.340. The maximum atomic E-state index is 14.0. The highest BCUT2D eigenvalue weighted by atomic mass is 16.5. The summed E-state index contributed by atoms with van der Waals surface area (Å²) in [7, 11) is 6.04. The van der Waals surface area contributed by atoms with Crippen molar-refractivity contribution in [2.45, 2.75) is 24.2 Å². The van der Waals surface area contributed by atoms with Crippen LogP contribution in [0.1, 0.15) is 28.4 Å². The van der Waals surface area contributed by atoms with E-state index < -0.39 is 64.1 Å². The molecule has 6 rings (SSSR count). The number of aliphatic hydroxyl groups is 3. The van der Waals surface area contributed by atoms with Gasteiger partial charge in [0.05, 0.1) is 25.8 Å². The lowest BCUT2D eigenvalue weighted by atomic mass is 9.57. The second-order valence-corrected chi connectivity index (χ2v) is 10.8. The average molecular weight is 565 g/mol. The third-order valence-electron chi connectivity index (χ3n) is 8.71. The maximum absolute atomic E-state index is 14.0. The number of carbonyl (C=O) groups is 3. The van der Waals surface area contributed by atoms with E-state index in [4.69, 9.17) is 19.9 Å². The van der Waals surface area contributed by atoms with Gasteiger partial charge in [0, 0.05) is 28.5 Å². The number of rotatable bonds is 4. The Morgan fingerprint density at radius 2 is 1.76 bits per heavy atom. The van der Waals surface area contributed by atoms with Crippen LogP contribution in [0.25, 0.3) is 11.1 Å². The summed E-state index contributed by atoms with van der Waals surface area (Å²) >= 11 is 0. The smallest absolute Gasteiger partial charge is 0.255 e. The monoisotopic (exact) mass is 564 g/mol. The summed E-state index contributed by atoms with van der Waals surface area (Å²) in [4.78, 5) is 41.2. The largest absolute Gasteiger partial charge is 0.510 e. The van der Waals surface area contributed by atoms with Gasteiger partial charge in [-0.15, -0.1) is 0 Å². The summed E-state index contributed by atoms with van der Waals surface area (Å²) in [5, 5.41) is 45.3. The van der Waals surface area contributed by atoms with E-state index in [0.717, 1.165) is 0 Å². The fraction of sp³-hybridized carbons (Fsp3) is 0.345. The van der Waals surface area contributed by atoms with Crippen LogP contribution in [0.4, 0.5) is 0 Å². The van der Waals surface area contributed by atoms with Gasteiger partial charge in [-0.1, -0.05) is 6.07 Å². The molecule has 2 aromatic carbocycles. The lowest BCUT2D eigenvalue weighted by Gasteiger charge is -2.51. The van der Waals surface area contributed by atoms with Crippen LogP contribution in [0.5, 0.6) is 23.0 Å². The molecular formula is C29H28N2O10. The number of ketones is 2. The van der Waals surface area contributed by atoms with Crippen LogP contribution in [-0.4, -0.2) is 82.8 Å². The topological polar surface area (TPSA) is 189 Å². The number of methoxy groups -OCH3 is 2. The number of fused-ring (bicyclic) bond motifs is 5. The molecular weight excluding hydrogens is 536 g/mol. The van der Waals surface area contributed by atoms with E-state index in [1.54, 1.807) is 32.3 Å². The number of benzene rings is 2. The molecule has 0 spiro atoms. The van der Waals surface area contributed by atoms with Crippen molar-refractivity contribution in [1.29, 1.82) is 0 Å². The van der Waals surface area contributed by atoms with Crippen molar-refractivity contribution in [1.82, 2.24) is 4.90 Å². The van der Waals surface area contributed by atoms with Crippen LogP contribution in [0.2, 0.25) is 0 Å². The highest BCUT2D eigenvalue weighted by molar-refractivity contribution is 6.25. The van der Waals surface area contributed by atoms with E-state index in [0.29, 0.717) is 28.2 Å². The van der Waals surface area contributed by atoms with Crippen molar-refractivity contribution in [3.63, 3.8) is 0 Å². The third kappa shape index (κ3) is 3.19. The molecule has 1 aliphatic heterocycles. The van der Waals surface area contributed by atoms with Crippen molar-refractivity contribution in [3.05, 3.63) is 58.1 Å². The van der Waals surface area contributed by atoms with Gasteiger partial charge in [0.25, 0.3) is 5.91 Å². The molecule has 6 N–H and O–H groups in total. The van der Waals surface area contributed by atoms with E-state index in [1.165, 1.54) is 25.2 Å². The maximum Gasteiger partial charge on any atom is 0.255 e. The molecule has 12 nitrogen and oxygen atoms in total. The zero-order valence-electron chi connectivity index (χ0n) is 22.6. The Bertz CT molecular complexity index is 1640. The summed E-state index contributed by atoms with van der Waals surface area (Å²) < 4.78 is 17.5. The van der Waals surface area contributed by atoms with Gasteiger partial charge >= 0.3 is 0 Å². The first-order chi connectivity index (χ1) is 19.4. The Morgan fingerprint density at radius 1 is 1.07 bits per heavy atom. The minimum Gasteiger partial charge on any atom is -0.510 e. The Kier molecular flexibility index (Phi) is 5.67. The number of phenolic OH excluding ortho intramolecular Hbond substituents is 1. The predicted molar refractivity (Wildman–Crippen MR) is 142 cm³/mol. The number of aromatic hydroxyl groups is 1. The number of amides is 1. The molecule has 3 aliphatic carbocycles. The molecule has 0 fully saturated rings. The fourth-order valence-electron chi connectivity index (χ4n) is 7.00. The van der Waals surface area contributed by atoms with Gasteiger partial charge in [-0.05, 0) is 44.3 Å². The summed E-state index contributed by atoms with van der Waals surface area (Å²) in [6, 6.07) is 5.28. The van der Waals surface area contributed by atoms with Crippen molar-refractivity contribution in [2.24, 2.45) is 17.6 Å². The second-order valence-electron chi connectivity index (χ2n) is 10.8. The minimum absolute atomic E-state index is 0.132. The minimum atomic E-state index is -2.76. The van der Waals surface area contributed by atoms with Crippen LogP contribution in [0, 0.1) is 11.8 Å². The molecule has 41 heavy (non-hydrogen) atoms. The van der Waals surface area contributed by atoms with Crippen LogP contribution in [0.3, 0.4) is 0 Å². The van der Waals surface area contributed by atoms with Crippen molar-refractivity contribution < 1.29 is 49.0 Å². The summed E-state index contributed by atoms with van der Waals surface area (Å²) in [6.07, 6.45) is -1.12. The highest BCUT2D eigenvalue weighted by Crippen LogP contribution is 2.61. The standard InChI is InChI=1S/C29H28N2O10/c1-31(2)20-13-9-12-17(26(35)29(13,38)27(36)19(22(20)34)28(30)37)21(33)18-14(32)7-5-10-11-6-8-15(39-3)25(40-4)24(11)41-23(12)16(10)18/h5-8,12-13,20,23,32,34-35,38H,9H2,1-4H3,(H2,30,37). The number of nitrogens with two attached hydrogens (primary N) is 1. The molecule has 0 bridgehead atoms. The summed E-state index contributed by atoms with van der Waals surface area (Å²) in [5.74, 6) is -6.58. The van der Waals surface area contributed by atoms with E-state index in [9.17, 15) is 34.8 Å². The zero-order chi connectivity index (χ0) is 29.7. The molecule has 12 heteroatoms. The number of primary amides is 1. The van der Waals surface area contributed by atoms with Crippen LogP contribution in [-0.2, 0) is 9.59 Å². The number of phenols is 1. The predicted octanol–water partition coefficient (Wildman–Crippen LogP) is 1.70. The summed E-state index contributed by atoms with van der Waals surface area (Å²) in [5.41, 5.74) is 2.84. The van der Waals surface area contributed by atoms with E-state index in [1.807, 2.05) is 0 Å². The Labute approximate surface area is 233 Å². The molecule has 0 saturated heterocycles. The molecule has 2 aromatic rings. The SMILES string of the molecule is COc1ccc2c(c1OC)OC1c3c-2ccc(O)c3C(=O)C2=C(O)C3(O)C(=O)C(C(N)=O)=C(O)C(N(C)C)C3CC21. The van der Waals surface area contributed by atoms with E-state index in [2.05, 4.69) is 0 Å². The van der Waals surface area contributed by atoms with Gasteiger partial charge in [-0.25, -0.2) is 0 Å². The van der Waals surface area contributed by atoms with Crippen molar-refractivity contribution >= 4 is 17.5 Å². The zero-order valence-corrected chi connectivity index (χ0v) is 22.6. The number of ether oxygens (including phenoxy) is 3. The second kappa shape index (κ2) is 8.72. The lowest BCUT2D eigenvalue weighted by molar-refractivity contribution is -0.149. The molecule has 0 aromatic heterocycles. The number of likely N-dealkylation sites (N-methyl/N-ethyl adjacent to an activating group) is 1. The summed E-state index contributed by atoms with van der Waals surface area (Å²) in [6.45, 7) is 0. The number of nitrogens with zero attached hydrogens (tertiary/aromatic N) is 1. The molecule has 0 radical (unpaired) electrons. The Balaban J connectivity index is 1.64. The van der Waals surface area contributed by atoms with Crippen molar-refractivity contribution in [2.75, 3.05) is 28.3 Å². The number of hydrogen-bond donors (Lipinski definition) is 5. The number of hydrogen-bond acceptors (Lipinski definition) is 11. The first kappa shape index (κ1) is 26.7. The third-order valence-corrected chi connectivity index (χ3v) is 8.71. The van der Waals surface area contributed by atoms with Gasteiger partial charge in [0.15, 0.2) is 22.9 Å². The fourth-order valence-corrected chi connectivity index (χ4v) is 7.00. The molecule has 1 heterocycles. The van der Waals surface area contributed by atoms with Gasteiger partial charge in [0.1, 0.15) is 28.9 Å². The molecule has 4 aliphatic rings. The van der Waals surface area contributed by atoms with E-state index in [-0.39, 0.29) is 29.1 Å². The van der Waals surface area contributed by atoms with E-state index >= 15 is 0 Å². The number of carbonyl (C=O) groups excluding carboxylic acids is 3. The van der Waals surface area contributed by atoms with Gasteiger partial charge in [0.2, 0.25) is 11.5 Å². The average Bonchev–Trinajstić information content (AvgIpc) is 2.92. The van der Waals surface area contributed by atoms with Crippen molar-refractivity contribution in [3.8, 4) is 34.1 Å². The first-order valence-electron chi connectivity index (χ1n) is 12.8. The van der Waals surface area contributed by atoms with Gasteiger partial charge in [-0.3, -0.25) is 19.3 Å². The normalized spacial score (nSPS) is 28.0. The number of Topliss-reactive ketones (excluding diaryl/α,β-unsaturated/α-hetero) is 2. The first-order valence-corrected chi connectivity index (χ1v) is 12.8. The lowest BCUT2D eigenvalue weighted by Crippen LogP contribution is -2.64. The molecule has 0 saturated carbocycles. The molecule has 214 valence electrons. The molecule has 5 atom stereocenters. The van der Waals surface area contributed by atoms with Gasteiger partial charge in [-0.2, -0.15) is 0 Å². The van der Waals surface area contributed by atoms with Crippen LogP contribution in [0.15, 0.2) is 46.9 Å². The highest BCUT2D eigenvalue weighted by Gasteiger charge is 2.65.